The average molecular weight is 396 g/mol. The fourth-order valence-corrected chi connectivity index (χ4v) is 4.13. The minimum atomic E-state index is -0.436. The Bertz CT molecular complexity index is 1070. The van der Waals surface area contributed by atoms with E-state index in [9.17, 15) is 0 Å². The Morgan fingerprint density at radius 1 is 0.767 bits per heavy atom. The Balaban J connectivity index is 1.54. The molecule has 0 amide bonds. The number of anilines is 2. The summed E-state index contributed by atoms with van der Waals surface area (Å²) in [6, 6.07) is 23.1. The lowest BCUT2D eigenvalue weighted by Crippen LogP contribution is -2.41. The van der Waals surface area contributed by atoms with E-state index in [0.717, 1.165) is 22.4 Å². The van der Waals surface area contributed by atoms with Crippen molar-refractivity contribution in [1.29, 1.82) is 0 Å². The molecule has 5 rings (SSSR count). The van der Waals surface area contributed by atoms with Crippen molar-refractivity contribution in [2.75, 3.05) is 10.5 Å². The van der Waals surface area contributed by atoms with Crippen molar-refractivity contribution in [3.63, 3.8) is 0 Å². The van der Waals surface area contributed by atoms with Crippen LogP contribution in [0.2, 0.25) is 0 Å². The van der Waals surface area contributed by atoms with E-state index in [0.29, 0.717) is 0 Å². The molecular formula is C24H26B2N2O2. The predicted octanol–water partition coefficient (Wildman–Crippen LogP) is 5.42. The lowest BCUT2D eigenvalue weighted by atomic mass is 9.63. The van der Waals surface area contributed by atoms with Crippen molar-refractivity contribution in [2.45, 2.75) is 38.9 Å². The van der Waals surface area contributed by atoms with Gasteiger partial charge in [-0.2, -0.15) is 0 Å². The minimum Gasteiger partial charge on any atom is -0.405 e. The quantitative estimate of drug-likeness (QED) is 0.581. The highest BCUT2D eigenvalue weighted by Crippen LogP contribution is 2.41. The van der Waals surface area contributed by atoms with Gasteiger partial charge in [-0.3, -0.25) is 0 Å². The highest BCUT2D eigenvalue weighted by Gasteiger charge is 2.52. The summed E-state index contributed by atoms with van der Waals surface area (Å²) >= 11 is 0. The smallest absolute Gasteiger partial charge is 0.405 e. The first-order valence-electron chi connectivity index (χ1n) is 10.5. The first-order valence-corrected chi connectivity index (χ1v) is 10.5. The van der Waals surface area contributed by atoms with Crippen LogP contribution < -0.4 is 10.5 Å². The van der Waals surface area contributed by atoms with Crippen LogP contribution in [0.15, 0.2) is 72.7 Å². The van der Waals surface area contributed by atoms with Crippen LogP contribution >= 0.6 is 0 Å². The van der Waals surface area contributed by atoms with Crippen LogP contribution in [0.25, 0.3) is 16.2 Å². The van der Waals surface area contributed by atoms with E-state index in [4.69, 9.17) is 9.31 Å². The fraction of sp³-hybridized carbons (Fsp3) is 0.250. The number of nitrogens with one attached hydrogen (secondary N) is 2. The van der Waals surface area contributed by atoms with Crippen LogP contribution in [0, 0.1) is 0 Å². The zero-order valence-corrected chi connectivity index (χ0v) is 17.9. The summed E-state index contributed by atoms with van der Waals surface area (Å²) in [5.74, 6) is 2.19. The fourth-order valence-electron chi connectivity index (χ4n) is 4.13. The van der Waals surface area contributed by atoms with E-state index >= 15 is 0 Å². The molecule has 3 aromatic rings. The molecule has 0 saturated carbocycles. The third-order valence-electron chi connectivity index (χ3n) is 6.49. The van der Waals surface area contributed by atoms with Crippen molar-refractivity contribution < 1.29 is 9.31 Å². The van der Waals surface area contributed by atoms with Crippen LogP contribution in [-0.4, -0.2) is 25.3 Å². The maximum atomic E-state index is 6.40. The number of hydrogen-bond donors (Lipinski definition) is 2. The highest BCUT2D eigenvalue weighted by atomic mass is 16.7. The van der Waals surface area contributed by atoms with Crippen LogP contribution in [0.4, 0.5) is 11.4 Å². The van der Waals surface area contributed by atoms with Crippen molar-refractivity contribution in [3.8, 4) is 0 Å². The number of rotatable bonds is 3. The zero-order chi connectivity index (χ0) is 20.9. The minimum absolute atomic E-state index is 0.0836. The lowest BCUT2D eigenvalue weighted by Gasteiger charge is -2.32. The number of benzene rings is 3. The molecule has 150 valence electrons. The molecule has 2 N–H and O–H groups in total. The van der Waals surface area contributed by atoms with Crippen LogP contribution in [0.5, 0.6) is 0 Å². The molecule has 1 fully saturated rings. The topological polar surface area (TPSA) is 42.5 Å². The van der Waals surface area contributed by atoms with Gasteiger partial charge in [0.15, 0.2) is 0 Å². The Kier molecular flexibility index (Phi) is 4.46. The van der Waals surface area contributed by atoms with Gasteiger partial charge in [0.2, 0.25) is 0 Å². The van der Waals surface area contributed by atoms with E-state index in [1.165, 1.54) is 10.8 Å². The normalized spacial score (nSPS) is 19.5. The molecular weight excluding hydrogens is 370 g/mol. The third kappa shape index (κ3) is 3.21. The maximum Gasteiger partial charge on any atom is 0.494 e. The summed E-state index contributed by atoms with van der Waals surface area (Å²) in [5, 5.41) is 9.70. The SMILES string of the molecule is CC1(C)OB(/C(=C/B2Nc3cccc4cccc(c34)N2)c2ccccc2)OC1(C)C. The second-order valence-electron chi connectivity index (χ2n) is 9.05. The first-order chi connectivity index (χ1) is 14.3. The van der Waals surface area contributed by atoms with E-state index in [1.54, 1.807) is 0 Å². The molecule has 0 unspecified atom stereocenters. The predicted molar refractivity (Wildman–Crippen MR) is 127 cm³/mol. The Hall–Kier alpha value is -2.69. The second-order valence-corrected chi connectivity index (χ2v) is 9.05. The molecule has 0 aromatic heterocycles. The monoisotopic (exact) mass is 396 g/mol. The molecule has 2 aliphatic rings. The molecule has 6 heteroatoms. The molecule has 0 radical (unpaired) electrons. The molecule has 0 spiro atoms. The Labute approximate surface area is 178 Å². The van der Waals surface area contributed by atoms with Gasteiger partial charge in [-0.25, -0.2) is 0 Å². The van der Waals surface area contributed by atoms with Gasteiger partial charge in [0, 0.05) is 16.8 Å². The molecule has 0 atom stereocenters. The molecule has 30 heavy (non-hydrogen) atoms. The zero-order valence-electron chi connectivity index (χ0n) is 17.9. The highest BCUT2D eigenvalue weighted by molar-refractivity contribution is 6.79. The van der Waals surface area contributed by atoms with E-state index in [2.05, 4.69) is 92.7 Å². The maximum absolute atomic E-state index is 6.40. The summed E-state index contributed by atoms with van der Waals surface area (Å²) in [7, 11) is -0.436. The second kappa shape index (κ2) is 6.93. The summed E-state index contributed by atoms with van der Waals surface area (Å²) in [5.41, 5.74) is 3.59. The number of hydrogen-bond acceptors (Lipinski definition) is 4. The van der Waals surface area contributed by atoms with Gasteiger partial charge in [0.1, 0.15) is 0 Å². The molecule has 0 bridgehead atoms. The van der Waals surface area contributed by atoms with Crippen molar-refractivity contribution in [2.24, 2.45) is 0 Å². The van der Waals surface area contributed by atoms with Gasteiger partial charge in [-0.15, -0.1) is 0 Å². The van der Waals surface area contributed by atoms with Gasteiger partial charge >= 0.3 is 14.1 Å². The molecule has 4 nitrogen and oxygen atoms in total. The van der Waals surface area contributed by atoms with Crippen LogP contribution in [0.3, 0.4) is 0 Å². The van der Waals surface area contributed by atoms with Crippen molar-refractivity contribution in [1.82, 2.24) is 0 Å². The van der Waals surface area contributed by atoms with E-state index < -0.39 is 18.3 Å². The van der Waals surface area contributed by atoms with Gasteiger partial charge in [-0.1, -0.05) is 60.6 Å². The van der Waals surface area contributed by atoms with Crippen molar-refractivity contribution in [3.05, 3.63) is 78.3 Å². The summed E-state index contributed by atoms with van der Waals surface area (Å²) in [4.78, 5) is 0. The molecule has 2 heterocycles. The third-order valence-corrected chi connectivity index (χ3v) is 6.49. The van der Waals surface area contributed by atoms with Gasteiger partial charge in [0.05, 0.1) is 11.2 Å². The summed E-state index contributed by atoms with van der Waals surface area (Å²) in [6.45, 7) is 8.26. The average Bonchev–Trinajstić information content (AvgIpc) is 2.94. The Morgan fingerprint density at radius 3 is 1.90 bits per heavy atom. The van der Waals surface area contributed by atoms with E-state index in [-0.39, 0.29) is 6.98 Å². The Morgan fingerprint density at radius 2 is 1.33 bits per heavy atom. The molecule has 1 saturated heterocycles. The first kappa shape index (κ1) is 19.3. The van der Waals surface area contributed by atoms with Gasteiger partial charge in [-0.05, 0) is 56.2 Å². The van der Waals surface area contributed by atoms with Gasteiger partial charge < -0.3 is 19.8 Å². The van der Waals surface area contributed by atoms with Crippen LogP contribution in [0.1, 0.15) is 33.3 Å². The largest absolute Gasteiger partial charge is 0.494 e. The van der Waals surface area contributed by atoms with E-state index in [1.807, 2.05) is 18.2 Å². The summed E-state index contributed by atoms with van der Waals surface area (Å²) < 4.78 is 12.8. The standard InChI is InChI=1S/C24H26B2N2O2/c1-23(2)24(3,4)30-26(29-23)19(17-10-6-5-7-11-17)16-25-27-20-14-8-12-18-13-9-15-21(28-25)22(18)20/h5-16,27-28H,1-4H3/b19-16+. The lowest BCUT2D eigenvalue weighted by molar-refractivity contribution is 0.00578. The molecule has 0 aliphatic carbocycles. The molecule has 3 aromatic carbocycles. The summed E-state index contributed by atoms with van der Waals surface area (Å²) in [6.07, 6.45) is 0. The van der Waals surface area contributed by atoms with Crippen molar-refractivity contribution >= 4 is 41.7 Å². The molecule has 2 aliphatic heterocycles. The van der Waals surface area contributed by atoms with Gasteiger partial charge in [0.25, 0.3) is 0 Å². The van der Waals surface area contributed by atoms with Crippen LogP contribution in [-0.2, 0) is 9.31 Å².